The Labute approximate surface area is 95.1 Å². The van der Waals surface area contributed by atoms with Gasteiger partial charge in [-0.2, -0.15) is 0 Å². The number of carbonyl (C=O) groups is 1. The summed E-state index contributed by atoms with van der Waals surface area (Å²) in [7, 11) is 0. The Hall–Kier alpha value is -0.650. The first-order valence-corrected chi connectivity index (χ1v) is 5.76. The van der Waals surface area contributed by atoms with Crippen molar-refractivity contribution in [3.05, 3.63) is 0 Å². The van der Waals surface area contributed by atoms with E-state index in [-0.39, 0.29) is 11.5 Å². The van der Waals surface area contributed by atoms with Gasteiger partial charge in [0, 0.05) is 18.5 Å². The lowest BCUT2D eigenvalue weighted by atomic mass is 9.89. The molecule has 0 saturated carbocycles. The first-order chi connectivity index (χ1) is 7.59. The zero-order valence-corrected chi connectivity index (χ0v) is 9.57. The van der Waals surface area contributed by atoms with Gasteiger partial charge in [-0.05, 0) is 12.8 Å². The smallest absolute Gasteiger partial charge is 0.332 e. The molecule has 2 aliphatic rings. The Morgan fingerprint density at radius 2 is 2.25 bits per heavy atom. The minimum absolute atomic E-state index is 0.0469. The second-order valence-electron chi connectivity index (χ2n) is 5.10. The Morgan fingerprint density at radius 3 is 2.75 bits per heavy atom. The van der Waals surface area contributed by atoms with Gasteiger partial charge in [0.1, 0.15) is 0 Å². The minimum atomic E-state index is -0.846. The highest BCUT2D eigenvalue weighted by Gasteiger charge is 2.34. The lowest BCUT2D eigenvalue weighted by molar-refractivity contribution is -0.149. The normalized spacial score (nSPS) is 32.3. The third-order valence-electron chi connectivity index (χ3n) is 3.21. The summed E-state index contributed by atoms with van der Waals surface area (Å²) in [5.41, 5.74) is 0.255. The molecule has 0 spiro atoms. The van der Waals surface area contributed by atoms with Crippen LogP contribution in [-0.4, -0.2) is 49.6 Å². The van der Waals surface area contributed by atoms with E-state index in [4.69, 9.17) is 14.6 Å². The van der Waals surface area contributed by atoms with Crippen LogP contribution in [-0.2, 0) is 14.3 Å². The predicted octanol–water partition coefficient (Wildman–Crippen LogP) is 0.245. The molecular weight excluding hydrogens is 210 g/mol. The highest BCUT2D eigenvalue weighted by molar-refractivity contribution is 5.72. The van der Waals surface area contributed by atoms with E-state index in [0.717, 1.165) is 32.7 Å². The molecule has 5 nitrogen and oxygen atoms in total. The number of aliphatic carboxylic acids is 1. The largest absolute Gasteiger partial charge is 0.479 e. The Morgan fingerprint density at radius 1 is 1.50 bits per heavy atom. The van der Waals surface area contributed by atoms with Crippen molar-refractivity contribution in [3.8, 4) is 0 Å². The van der Waals surface area contributed by atoms with Gasteiger partial charge >= 0.3 is 5.97 Å². The van der Waals surface area contributed by atoms with Crippen molar-refractivity contribution in [2.75, 3.05) is 26.3 Å². The number of carboxylic acids is 1. The van der Waals surface area contributed by atoms with Crippen LogP contribution in [0.15, 0.2) is 0 Å². The number of rotatable bonds is 5. The van der Waals surface area contributed by atoms with Crippen LogP contribution in [0.1, 0.15) is 19.8 Å². The Kier molecular flexibility index (Phi) is 3.47. The third kappa shape index (κ3) is 2.72. The molecule has 2 N–H and O–H groups in total. The second kappa shape index (κ2) is 4.69. The standard InChI is InChI=1S/C11H19NO4/c1-11(6-15-7-11)5-12-4-8-2-3-9(16-8)10(13)14/h8-9,12H,2-7H2,1H3,(H,13,14). The number of carboxylic acid groups (broad SMARTS) is 1. The molecule has 0 aromatic carbocycles. The molecule has 5 heteroatoms. The van der Waals surface area contributed by atoms with Crippen molar-refractivity contribution in [1.29, 1.82) is 0 Å². The van der Waals surface area contributed by atoms with Crippen molar-refractivity contribution >= 4 is 5.97 Å². The minimum Gasteiger partial charge on any atom is -0.479 e. The molecule has 2 fully saturated rings. The SMILES string of the molecule is CC1(CNCC2CCC(C(=O)O)O2)COC1. The molecular formula is C11H19NO4. The summed E-state index contributed by atoms with van der Waals surface area (Å²) in [5, 5.41) is 12.1. The van der Waals surface area contributed by atoms with Crippen LogP contribution in [0.5, 0.6) is 0 Å². The maximum absolute atomic E-state index is 10.7. The molecule has 0 aliphatic carbocycles. The lowest BCUT2D eigenvalue weighted by Crippen LogP contribution is -2.48. The van der Waals surface area contributed by atoms with Crippen LogP contribution in [0.25, 0.3) is 0 Å². The Balaban J connectivity index is 1.62. The van der Waals surface area contributed by atoms with Crippen molar-refractivity contribution in [2.45, 2.75) is 32.0 Å². The van der Waals surface area contributed by atoms with Gasteiger partial charge < -0.3 is 19.9 Å². The molecule has 2 unspecified atom stereocenters. The number of ether oxygens (including phenoxy) is 2. The summed E-state index contributed by atoms with van der Waals surface area (Å²) < 4.78 is 10.6. The monoisotopic (exact) mass is 229 g/mol. The fraction of sp³-hybridized carbons (Fsp3) is 0.909. The van der Waals surface area contributed by atoms with Gasteiger partial charge in [0.15, 0.2) is 6.10 Å². The molecule has 2 saturated heterocycles. The van der Waals surface area contributed by atoms with Gasteiger partial charge in [-0.3, -0.25) is 0 Å². The van der Waals surface area contributed by atoms with Gasteiger partial charge in [-0.25, -0.2) is 4.79 Å². The van der Waals surface area contributed by atoms with Crippen LogP contribution in [0, 0.1) is 5.41 Å². The van der Waals surface area contributed by atoms with Crippen molar-refractivity contribution in [2.24, 2.45) is 5.41 Å². The number of hydrogen-bond donors (Lipinski definition) is 2. The highest BCUT2D eigenvalue weighted by Crippen LogP contribution is 2.25. The maximum atomic E-state index is 10.7. The van der Waals surface area contributed by atoms with Crippen LogP contribution in [0.3, 0.4) is 0 Å². The van der Waals surface area contributed by atoms with Crippen molar-refractivity contribution < 1.29 is 19.4 Å². The topological polar surface area (TPSA) is 67.8 Å². The lowest BCUT2D eigenvalue weighted by Gasteiger charge is -2.38. The van der Waals surface area contributed by atoms with E-state index in [1.165, 1.54) is 0 Å². The molecule has 2 rings (SSSR count). The summed E-state index contributed by atoms with van der Waals surface area (Å²) in [4.78, 5) is 10.7. The van der Waals surface area contributed by atoms with E-state index in [2.05, 4.69) is 12.2 Å². The molecule has 92 valence electrons. The quantitative estimate of drug-likeness (QED) is 0.707. The summed E-state index contributed by atoms with van der Waals surface area (Å²) in [5.74, 6) is -0.846. The van der Waals surface area contributed by atoms with Gasteiger partial charge in [0.2, 0.25) is 0 Å². The van der Waals surface area contributed by atoms with Crippen LogP contribution in [0.4, 0.5) is 0 Å². The zero-order chi connectivity index (χ0) is 11.6. The molecule has 2 atom stereocenters. The summed E-state index contributed by atoms with van der Waals surface area (Å²) in [6.07, 6.45) is 0.902. The van der Waals surface area contributed by atoms with Crippen LogP contribution in [0.2, 0.25) is 0 Å². The fourth-order valence-corrected chi connectivity index (χ4v) is 2.13. The predicted molar refractivity (Wildman–Crippen MR) is 57.3 cm³/mol. The van der Waals surface area contributed by atoms with Crippen molar-refractivity contribution in [1.82, 2.24) is 5.32 Å². The molecule has 0 aromatic heterocycles. The highest BCUT2D eigenvalue weighted by atomic mass is 16.5. The average Bonchev–Trinajstić information content (AvgIpc) is 2.64. The third-order valence-corrected chi connectivity index (χ3v) is 3.21. The average molecular weight is 229 g/mol. The number of nitrogens with one attached hydrogen (secondary N) is 1. The maximum Gasteiger partial charge on any atom is 0.332 e. The first-order valence-electron chi connectivity index (χ1n) is 5.76. The molecule has 0 aromatic rings. The van der Waals surface area contributed by atoms with E-state index >= 15 is 0 Å². The fourth-order valence-electron chi connectivity index (χ4n) is 2.13. The van der Waals surface area contributed by atoms with Gasteiger partial charge in [-0.15, -0.1) is 0 Å². The Bertz CT molecular complexity index is 265. The number of hydrogen-bond acceptors (Lipinski definition) is 4. The van der Waals surface area contributed by atoms with Gasteiger partial charge in [0.05, 0.1) is 19.3 Å². The molecule has 0 radical (unpaired) electrons. The molecule has 0 bridgehead atoms. The molecule has 2 heterocycles. The van der Waals surface area contributed by atoms with Crippen LogP contribution < -0.4 is 5.32 Å². The van der Waals surface area contributed by atoms with Crippen molar-refractivity contribution in [3.63, 3.8) is 0 Å². The van der Waals surface area contributed by atoms with E-state index in [1.54, 1.807) is 0 Å². The van der Waals surface area contributed by atoms with Gasteiger partial charge in [-0.1, -0.05) is 6.92 Å². The zero-order valence-electron chi connectivity index (χ0n) is 9.57. The van der Waals surface area contributed by atoms with Gasteiger partial charge in [0.25, 0.3) is 0 Å². The van der Waals surface area contributed by atoms with E-state index < -0.39 is 12.1 Å². The molecule has 0 amide bonds. The van der Waals surface area contributed by atoms with E-state index in [1.807, 2.05) is 0 Å². The summed E-state index contributed by atoms with van der Waals surface area (Å²) in [6, 6.07) is 0. The second-order valence-corrected chi connectivity index (χ2v) is 5.10. The van der Waals surface area contributed by atoms with E-state index in [0.29, 0.717) is 6.42 Å². The molecule has 2 aliphatic heterocycles. The molecule has 16 heavy (non-hydrogen) atoms. The summed E-state index contributed by atoms with van der Waals surface area (Å²) >= 11 is 0. The van der Waals surface area contributed by atoms with E-state index in [9.17, 15) is 4.79 Å². The van der Waals surface area contributed by atoms with Crippen LogP contribution >= 0.6 is 0 Å². The summed E-state index contributed by atoms with van der Waals surface area (Å²) in [6.45, 7) is 5.44. The first kappa shape index (κ1) is 11.8.